The van der Waals surface area contributed by atoms with Gasteiger partial charge >= 0.3 is 0 Å². The van der Waals surface area contributed by atoms with Gasteiger partial charge in [-0.2, -0.15) is 0 Å². The van der Waals surface area contributed by atoms with Crippen molar-refractivity contribution in [3.63, 3.8) is 0 Å². The minimum Gasteiger partial charge on any atom is -0.496 e. The zero-order chi connectivity index (χ0) is 14.6. The molecule has 0 atom stereocenters. The van der Waals surface area contributed by atoms with Crippen LogP contribution in [-0.2, 0) is 4.84 Å². The van der Waals surface area contributed by atoms with Gasteiger partial charge in [0.2, 0.25) is 0 Å². The van der Waals surface area contributed by atoms with Crippen molar-refractivity contribution < 1.29 is 19.3 Å². The predicted octanol–water partition coefficient (Wildman–Crippen LogP) is 2.06. The lowest BCUT2D eigenvalue weighted by atomic mass is 10.1. The van der Waals surface area contributed by atoms with Crippen LogP contribution in [-0.4, -0.2) is 23.5 Å². The fourth-order valence-electron chi connectivity index (χ4n) is 1.32. The van der Waals surface area contributed by atoms with Gasteiger partial charge in [0.25, 0.3) is 11.6 Å². The number of hydrogen-bond donors (Lipinski definition) is 1. The predicted molar refractivity (Wildman–Crippen MR) is 68.0 cm³/mol. The SMILES string of the molecule is COc1cccc([N+](=O)[O-])c1C(=O)NOC(C)(C)C. The number of carbonyl (C=O) groups is 1. The van der Waals surface area contributed by atoms with E-state index in [0.29, 0.717) is 0 Å². The second kappa shape index (κ2) is 5.66. The molecule has 7 nitrogen and oxygen atoms in total. The smallest absolute Gasteiger partial charge is 0.286 e. The minimum absolute atomic E-state index is 0.115. The molecule has 0 aromatic heterocycles. The Kier molecular flexibility index (Phi) is 4.44. The van der Waals surface area contributed by atoms with E-state index in [1.807, 2.05) is 0 Å². The summed E-state index contributed by atoms with van der Waals surface area (Å²) in [6.45, 7) is 5.22. The van der Waals surface area contributed by atoms with Gasteiger partial charge < -0.3 is 4.74 Å². The summed E-state index contributed by atoms with van der Waals surface area (Å²) < 4.78 is 4.97. The lowest BCUT2D eigenvalue weighted by Gasteiger charge is -2.19. The van der Waals surface area contributed by atoms with E-state index in [9.17, 15) is 14.9 Å². The number of methoxy groups -OCH3 is 1. The Hall–Kier alpha value is -2.15. The Balaban J connectivity index is 3.10. The summed E-state index contributed by atoms with van der Waals surface area (Å²) in [6.07, 6.45) is 0. The van der Waals surface area contributed by atoms with Crippen LogP contribution in [0.1, 0.15) is 31.1 Å². The van der Waals surface area contributed by atoms with Crippen LogP contribution in [0.25, 0.3) is 0 Å². The summed E-state index contributed by atoms with van der Waals surface area (Å²) >= 11 is 0. The van der Waals surface area contributed by atoms with Crippen molar-refractivity contribution in [1.29, 1.82) is 0 Å². The van der Waals surface area contributed by atoms with Crippen molar-refractivity contribution in [2.75, 3.05) is 7.11 Å². The number of carbonyl (C=O) groups excluding carboxylic acids is 1. The molecule has 0 fully saturated rings. The van der Waals surface area contributed by atoms with Gasteiger partial charge in [0, 0.05) is 6.07 Å². The van der Waals surface area contributed by atoms with Crippen molar-refractivity contribution in [3.8, 4) is 5.75 Å². The lowest BCUT2D eigenvalue weighted by molar-refractivity contribution is -0.385. The van der Waals surface area contributed by atoms with E-state index in [-0.39, 0.29) is 17.0 Å². The zero-order valence-corrected chi connectivity index (χ0v) is 11.2. The second-order valence-electron chi connectivity index (χ2n) is 4.76. The quantitative estimate of drug-likeness (QED) is 0.666. The van der Waals surface area contributed by atoms with Gasteiger partial charge in [0.05, 0.1) is 17.6 Å². The van der Waals surface area contributed by atoms with Gasteiger partial charge in [-0.1, -0.05) is 6.07 Å². The van der Waals surface area contributed by atoms with E-state index < -0.39 is 16.4 Å². The van der Waals surface area contributed by atoms with Crippen molar-refractivity contribution in [1.82, 2.24) is 5.48 Å². The molecule has 0 aliphatic rings. The van der Waals surface area contributed by atoms with Crippen LogP contribution in [0, 0.1) is 10.1 Å². The number of ether oxygens (including phenoxy) is 1. The second-order valence-corrected chi connectivity index (χ2v) is 4.76. The van der Waals surface area contributed by atoms with E-state index in [4.69, 9.17) is 9.57 Å². The number of nitro benzene ring substituents is 1. The fourth-order valence-corrected chi connectivity index (χ4v) is 1.32. The van der Waals surface area contributed by atoms with Crippen LogP contribution in [0.15, 0.2) is 18.2 Å². The number of hydroxylamine groups is 1. The van der Waals surface area contributed by atoms with Gasteiger partial charge in [0.1, 0.15) is 5.75 Å². The third kappa shape index (κ3) is 3.92. The molecule has 19 heavy (non-hydrogen) atoms. The number of nitrogens with zero attached hydrogens (tertiary/aromatic N) is 1. The van der Waals surface area contributed by atoms with E-state index in [1.165, 1.54) is 25.3 Å². The number of nitrogens with one attached hydrogen (secondary N) is 1. The number of nitro groups is 1. The highest BCUT2D eigenvalue weighted by Gasteiger charge is 2.26. The molecule has 0 saturated heterocycles. The first kappa shape index (κ1) is 14.9. The molecule has 1 aromatic rings. The van der Waals surface area contributed by atoms with Gasteiger partial charge in [-0.25, -0.2) is 5.48 Å². The lowest BCUT2D eigenvalue weighted by Crippen LogP contribution is -2.34. The van der Waals surface area contributed by atoms with E-state index in [1.54, 1.807) is 20.8 Å². The topological polar surface area (TPSA) is 90.7 Å². The first-order valence-corrected chi connectivity index (χ1v) is 5.56. The molecule has 0 saturated carbocycles. The molecule has 0 spiro atoms. The van der Waals surface area contributed by atoms with E-state index >= 15 is 0 Å². The van der Waals surface area contributed by atoms with Crippen LogP contribution in [0.3, 0.4) is 0 Å². The molecule has 1 rings (SSSR count). The largest absolute Gasteiger partial charge is 0.496 e. The Morgan fingerprint density at radius 1 is 1.37 bits per heavy atom. The summed E-state index contributed by atoms with van der Waals surface area (Å²) in [5, 5.41) is 10.9. The molecule has 0 unspecified atom stereocenters. The molecule has 1 aromatic carbocycles. The number of benzene rings is 1. The zero-order valence-electron chi connectivity index (χ0n) is 11.2. The average Bonchev–Trinajstić information content (AvgIpc) is 2.33. The summed E-state index contributed by atoms with van der Waals surface area (Å²) in [7, 11) is 1.33. The third-order valence-electron chi connectivity index (χ3n) is 2.10. The highest BCUT2D eigenvalue weighted by Crippen LogP contribution is 2.28. The third-order valence-corrected chi connectivity index (χ3v) is 2.10. The van der Waals surface area contributed by atoms with Crippen LogP contribution < -0.4 is 10.2 Å². The first-order valence-electron chi connectivity index (χ1n) is 5.56. The van der Waals surface area contributed by atoms with E-state index in [2.05, 4.69) is 5.48 Å². The minimum atomic E-state index is -0.723. The summed E-state index contributed by atoms with van der Waals surface area (Å²) in [4.78, 5) is 27.4. The van der Waals surface area contributed by atoms with Crippen LogP contribution >= 0.6 is 0 Å². The Bertz CT molecular complexity index is 493. The normalized spacial score (nSPS) is 10.9. The molecule has 0 aliphatic carbocycles. The van der Waals surface area contributed by atoms with Gasteiger partial charge in [0.15, 0.2) is 5.56 Å². The van der Waals surface area contributed by atoms with Crippen LogP contribution in [0.5, 0.6) is 5.75 Å². The van der Waals surface area contributed by atoms with Gasteiger partial charge in [-0.05, 0) is 26.8 Å². The maximum absolute atomic E-state index is 12.0. The van der Waals surface area contributed by atoms with Crippen molar-refractivity contribution >= 4 is 11.6 Å². The molecule has 0 radical (unpaired) electrons. The van der Waals surface area contributed by atoms with Crippen LogP contribution in [0.4, 0.5) is 5.69 Å². The summed E-state index contributed by atoms with van der Waals surface area (Å²) in [6, 6.07) is 4.14. The Morgan fingerprint density at radius 3 is 2.47 bits per heavy atom. The maximum atomic E-state index is 12.0. The first-order chi connectivity index (χ1) is 8.76. The van der Waals surface area contributed by atoms with Crippen molar-refractivity contribution in [2.24, 2.45) is 0 Å². The highest BCUT2D eigenvalue weighted by molar-refractivity contribution is 6.00. The Morgan fingerprint density at radius 2 is 2.00 bits per heavy atom. The van der Waals surface area contributed by atoms with Gasteiger partial charge in [-0.3, -0.25) is 19.7 Å². The molecule has 1 amide bonds. The van der Waals surface area contributed by atoms with Crippen LogP contribution in [0.2, 0.25) is 0 Å². The molecule has 0 heterocycles. The average molecular weight is 268 g/mol. The number of hydrogen-bond acceptors (Lipinski definition) is 5. The molecule has 104 valence electrons. The van der Waals surface area contributed by atoms with Crippen molar-refractivity contribution in [2.45, 2.75) is 26.4 Å². The number of rotatable bonds is 4. The monoisotopic (exact) mass is 268 g/mol. The van der Waals surface area contributed by atoms with Gasteiger partial charge in [-0.15, -0.1) is 0 Å². The molecule has 0 bridgehead atoms. The summed E-state index contributed by atoms with van der Waals surface area (Å²) in [5.74, 6) is -0.608. The Labute approximate surface area is 110 Å². The van der Waals surface area contributed by atoms with E-state index in [0.717, 1.165) is 0 Å². The highest BCUT2D eigenvalue weighted by atomic mass is 16.7. The molecule has 1 N–H and O–H groups in total. The molecular weight excluding hydrogens is 252 g/mol. The molecule has 7 heteroatoms. The summed E-state index contributed by atoms with van der Waals surface area (Å²) in [5.41, 5.74) is 1.07. The fraction of sp³-hybridized carbons (Fsp3) is 0.417. The maximum Gasteiger partial charge on any atom is 0.286 e. The van der Waals surface area contributed by atoms with Crippen molar-refractivity contribution in [3.05, 3.63) is 33.9 Å². The standard InChI is InChI=1S/C12H16N2O5/c1-12(2,3)19-13-11(15)10-8(14(16)17)6-5-7-9(10)18-4/h5-7H,1-4H3,(H,13,15). The number of amides is 1. The molecular formula is C12H16N2O5. The molecule has 0 aliphatic heterocycles.